The number of nitrogens with two attached hydrogens (primary N) is 1. The van der Waals surface area contributed by atoms with Gasteiger partial charge in [-0.2, -0.15) is 0 Å². The summed E-state index contributed by atoms with van der Waals surface area (Å²) in [5, 5.41) is 3.61. The fourth-order valence-electron chi connectivity index (χ4n) is 1.32. The summed E-state index contributed by atoms with van der Waals surface area (Å²) in [4.78, 5) is 9.67. The summed E-state index contributed by atoms with van der Waals surface area (Å²) in [6.07, 6.45) is 0. The van der Waals surface area contributed by atoms with Crippen LogP contribution in [-0.2, 0) is 0 Å². The van der Waals surface area contributed by atoms with E-state index in [4.69, 9.17) is 5.73 Å². The molecular weight excluding hydrogens is 262 g/mol. The van der Waals surface area contributed by atoms with Crippen LogP contribution in [0.4, 0.5) is 5.82 Å². The van der Waals surface area contributed by atoms with E-state index >= 15 is 0 Å². The first kappa shape index (κ1) is 13.2. The smallest absolute Gasteiger partial charge is 0.191 e. The van der Waals surface area contributed by atoms with Gasteiger partial charge in [0.05, 0.1) is 11.1 Å². The van der Waals surface area contributed by atoms with E-state index in [9.17, 15) is 0 Å². The van der Waals surface area contributed by atoms with Gasteiger partial charge in [0.25, 0.3) is 0 Å². The van der Waals surface area contributed by atoms with E-state index in [-0.39, 0.29) is 5.41 Å². The SMILES string of the molecule is CC(C)(C)C#CCSc1nc(N)c2ccsc2n1. The Hall–Kier alpha value is -1.25. The quantitative estimate of drug-likeness (QED) is 0.519. The number of hydrogen-bond donors (Lipinski definition) is 1. The minimum Gasteiger partial charge on any atom is -0.383 e. The van der Waals surface area contributed by atoms with Gasteiger partial charge in [0, 0.05) is 5.41 Å². The molecule has 0 amide bonds. The van der Waals surface area contributed by atoms with Crippen molar-refractivity contribution < 1.29 is 0 Å². The van der Waals surface area contributed by atoms with Crippen LogP contribution in [-0.4, -0.2) is 15.7 Å². The number of nitrogens with zero attached hydrogens (tertiary/aromatic N) is 2. The zero-order valence-corrected chi connectivity index (χ0v) is 12.3. The van der Waals surface area contributed by atoms with Crippen LogP contribution < -0.4 is 5.73 Å². The van der Waals surface area contributed by atoms with Gasteiger partial charge in [0.15, 0.2) is 5.16 Å². The van der Waals surface area contributed by atoms with E-state index in [1.54, 1.807) is 11.3 Å². The molecule has 2 aromatic rings. The summed E-state index contributed by atoms with van der Waals surface area (Å²) in [5.74, 6) is 7.55. The zero-order chi connectivity index (χ0) is 13.2. The normalized spacial score (nSPS) is 11.3. The van der Waals surface area contributed by atoms with E-state index in [1.165, 1.54) is 11.8 Å². The zero-order valence-electron chi connectivity index (χ0n) is 10.7. The molecule has 0 bridgehead atoms. The monoisotopic (exact) mass is 277 g/mol. The third kappa shape index (κ3) is 3.37. The molecule has 94 valence electrons. The number of rotatable bonds is 2. The molecule has 0 radical (unpaired) electrons. The number of anilines is 1. The molecule has 2 rings (SSSR count). The largest absolute Gasteiger partial charge is 0.383 e. The lowest BCUT2D eigenvalue weighted by Crippen LogP contribution is -1.99. The minimum atomic E-state index is 0.0398. The van der Waals surface area contributed by atoms with Gasteiger partial charge < -0.3 is 5.73 Å². The van der Waals surface area contributed by atoms with Crippen LogP contribution in [0.25, 0.3) is 10.2 Å². The molecule has 18 heavy (non-hydrogen) atoms. The Kier molecular flexibility index (Phi) is 3.79. The van der Waals surface area contributed by atoms with Crippen molar-refractivity contribution in [3.63, 3.8) is 0 Å². The Bertz CT molecular complexity index is 614. The van der Waals surface area contributed by atoms with Crippen molar-refractivity contribution in [3.8, 4) is 11.8 Å². The van der Waals surface area contributed by atoms with Gasteiger partial charge in [0.2, 0.25) is 0 Å². The summed E-state index contributed by atoms with van der Waals surface area (Å²) in [6, 6.07) is 1.95. The molecule has 0 saturated heterocycles. The topological polar surface area (TPSA) is 51.8 Å². The number of hydrogen-bond acceptors (Lipinski definition) is 5. The molecule has 2 heterocycles. The number of fused-ring (bicyclic) bond motifs is 1. The predicted molar refractivity (Wildman–Crippen MR) is 79.8 cm³/mol. The van der Waals surface area contributed by atoms with Gasteiger partial charge >= 0.3 is 0 Å². The second-order valence-corrected chi connectivity index (χ2v) is 6.71. The first-order chi connectivity index (χ1) is 8.46. The molecule has 0 unspecified atom stereocenters. The average molecular weight is 277 g/mol. The standard InChI is InChI=1S/C13H15N3S2/c1-13(2,3)6-4-7-18-12-15-10(14)9-5-8-17-11(9)16-12/h5,8H,7H2,1-3H3,(H2,14,15,16). The lowest BCUT2D eigenvalue weighted by Gasteiger charge is -2.06. The Morgan fingerprint density at radius 3 is 2.89 bits per heavy atom. The van der Waals surface area contributed by atoms with Crippen molar-refractivity contribution in [2.45, 2.75) is 25.9 Å². The molecule has 0 fully saturated rings. The molecule has 2 aromatic heterocycles. The minimum absolute atomic E-state index is 0.0398. The van der Waals surface area contributed by atoms with Gasteiger partial charge in [-0.05, 0) is 32.2 Å². The summed E-state index contributed by atoms with van der Waals surface area (Å²) in [7, 11) is 0. The van der Waals surface area contributed by atoms with Crippen LogP contribution >= 0.6 is 23.1 Å². The van der Waals surface area contributed by atoms with Gasteiger partial charge in [-0.3, -0.25) is 0 Å². The Morgan fingerprint density at radius 2 is 2.17 bits per heavy atom. The third-order valence-corrected chi connectivity index (χ3v) is 3.61. The Balaban J connectivity index is 2.10. The fourth-order valence-corrected chi connectivity index (χ4v) is 2.75. The summed E-state index contributed by atoms with van der Waals surface area (Å²) in [5.41, 5.74) is 5.92. The first-order valence-electron chi connectivity index (χ1n) is 5.59. The fraction of sp³-hybridized carbons (Fsp3) is 0.385. The van der Waals surface area contributed by atoms with Gasteiger partial charge in [0.1, 0.15) is 10.6 Å². The lowest BCUT2D eigenvalue weighted by atomic mass is 9.98. The molecular formula is C13H15N3S2. The van der Waals surface area contributed by atoms with Crippen molar-refractivity contribution in [2.24, 2.45) is 5.41 Å². The second-order valence-electron chi connectivity index (χ2n) is 4.87. The van der Waals surface area contributed by atoms with Crippen molar-refractivity contribution in [1.29, 1.82) is 0 Å². The van der Waals surface area contributed by atoms with Crippen LogP contribution in [0.15, 0.2) is 16.6 Å². The van der Waals surface area contributed by atoms with E-state index in [0.29, 0.717) is 16.7 Å². The van der Waals surface area contributed by atoms with E-state index in [2.05, 4.69) is 42.6 Å². The lowest BCUT2D eigenvalue weighted by molar-refractivity contribution is 0.571. The maximum absolute atomic E-state index is 5.88. The highest BCUT2D eigenvalue weighted by atomic mass is 32.2. The van der Waals surface area contributed by atoms with Gasteiger partial charge in [-0.25, -0.2) is 9.97 Å². The number of nitrogen functional groups attached to an aromatic ring is 1. The van der Waals surface area contributed by atoms with Crippen molar-refractivity contribution in [2.75, 3.05) is 11.5 Å². The molecule has 0 aliphatic carbocycles. The summed E-state index contributed by atoms with van der Waals surface area (Å²) in [6.45, 7) is 6.28. The van der Waals surface area contributed by atoms with Crippen LogP contribution in [0.2, 0.25) is 0 Å². The Morgan fingerprint density at radius 1 is 1.39 bits per heavy atom. The second kappa shape index (κ2) is 5.17. The van der Waals surface area contributed by atoms with Gasteiger partial charge in [-0.15, -0.1) is 11.3 Å². The first-order valence-corrected chi connectivity index (χ1v) is 7.46. The van der Waals surface area contributed by atoms with E-state index < -0.39 is 0 Å². The van der Waals surface area contributed by atoms with Crippen molar-refractivity contribution in [3.05, 3.63) is 11.4 Å². The predicted octanol–water partition coefficient (Wildman–Crippen LogP) is 3.42. The molecule has 0 spiro atoms. The molecule has 2 N–H and O–H groups in total. The van der Waals surface area contributed by atoms with Crippen LogP contribution in [0.5, 0.6) is 0 Å². The van der Waals surface area contributed by atoms with E-state index in [1.807, 2.05) is 11.4 Å². The average Bonchev–Trinajstić information content (AvgIpc) is 2.71. The van der Waals surface area contributed by atoms with E-state index in [0.717, 1.165) is 10.2 Å². The number of thiophene rings is 1. The van der Waals surface area contributed by atoms with Crippen molar-refractivity contribution >= 4 is 39.1 Å². The third-order valence-electron chi connectivity index (χ3n) is 2.07. The molecule has 0 saturated carbocycles. The summed E-state index contributed by atoms with van der Waals surface area (Å²) >= 11 is 3.10. The van der Waals surface area contributed by atoms with Gasteiger partial charge in [-0.1, -0.05) is 23.6 Å². The maximum atomic E-state index is 5.88. The number of thioether (sulfide) groups is 1. The van der Waals surface area contributed by atoms with Crippen LogP contribution in [0, 0.1) is 17.3 Å². The van der Waals surface area contributed by atoms with Crippen LogP contribution in [0.1, 0.15) is 20.8 Å². The van der Waals surface area contributed by atoms with Crippen molar-refractivity contribution in [1.82, 2.24) is 9.97 Å². The van der Waals surface area contributed by atoms with Crippen LogP contribution in [0.3, 0.4) is 0 Å². The molecule has 3 nitrogen and oxygen atoms in total. The molecule has 5 heteroatoms. The number of aromatic nitrogens is 2. The highest BCUT2D eigenvalue weighted by Gasteiger charge is 2.06. The molecule has 0 aliphatic heterocycles. The maximum Gasteiger partial charge on any atom is 0.191 e. The molecule has 0 atom stereocenters. The highest BCUT2D eigenvalue weighted by molar-refractivity contribution is 7.99. The Labute approximate surface area is 115 Å². The molecule has 0 aliphatic rings. The molecule has 0 aromatic carbocycles. The summed E-state index contributed by atoms with van der Waals surface area (Å²) < 4.78 is 0. The highest BCUT2D eigenvalue weighted by Crippen LogP contribution is 2.26.